The summed E-state index contributed by atoms with van der Waals surface area (Å²) in [7, 11) is -4.02. The lowest BCUT2D eigenvalue weighted by Gasteiger charge is -1.95. The highest BCUT2D eigenvalue weighted by Gasteiger charge is 2.06. The zero-order valence-corrected chi connectivity index (χ0v) is 13.9. The van der Waals surface area contributed by atoms with E-state index in [-0.39, 0.29) is 4.90 Å². The first-order chi connectivity index (χ1) is 10.9. The highest BCUT2D eigenvalue weighted by molar-refractivity contribution is 7.85. The van der Waals surface area contributed by atoms with Gasteiger partial charge in [0.05, 0.1) is 10.6 Å². The van der Waals surface area contributed by atoms with Crippen LogP contribution in [-0.4, -0.2) is 27.9 Å². The molecule has 2 aromatic heterocycles. The van der Waals surface area contributed by atoms with Crippen molar-refractivity contribution >= 4 is 22.7 Å². The molecule has 0 amide bonds. The molecule has 0 bridgehead atoms. The standard InChI is InChI=1S/C8H7N3S.C7H8O3S/c12-8-10-5-7(11-8)6-3-1-2-4-9-6;1-6-2-4-7(5-3-6)11(8,9)10/h1-5H,(H2,10,11,12);2-5H,1H3,(H,8,9,10). The maximum atomic E-state index is 10.5. The summed E-state index contributed by atoms with van der Waals surface area (Å²) in [5.74, 6) is 0. The lowest BCUT2D eigenvalue weighted by molar-refractivity contribution is 0.483. The first kappa shape index (κ1) is 17.2. The number of rotatable bonds is 2. The van der Waals surface area contributed by atoms with Gasteiger partial charge in [-0.2, -0.15) is 8.42 Å². The Hall–Kier alpha value is -2.16. The minimum absolute atomic E-state index is 0.0666. The Morgan fingerprint density at radius 1 is 1.09 bits per heavy atom. The van der Waals surface area contributed by atoms with Crippen molar-refractivity contribution in [3.63, 3.8) is 0 Å². The van der Waals surface area contributed by atoms with Crippen LogP contribution in [0.3, 0.4) is 0 Å². The van der Waals surface area contributed by atoms with Gasteiger partial charge in [0, 0.05) is 12.4 Å². The van der Waals surface area contributed by atoms with Crippen molar-refractivity contribution in [3.05, 3.63) is 60.4 Å². The van der Waals surface area contributed by atoms with Crippen molar-refractivity contribution in [1.82, 2.24) is 15.0 Å². The maximum Gasteiger partial charge on any atom is 0.294 e. The number of hydrogen-bond donors (Lipinski definition) is 3. The number of nitrogens with one attached hydrogen (secondary N) is 1. The summed E-state index contributed by atoms with van der Waals surface area (Å²) in [6.07, 6.45) is 3.52. The van der Waals surface area contributed by atoms with Gasteiger partial charge in [-0.25, -0.2) is 4.98 Å². The van der Waals surface area contributed by atoms with Crippen LogP contribution < -0.4 is 0 Å². The van der Waals surface area contributed by atoms with Crippen LogP contribution in [0.15, 0.2) is 64.9 Å². The zero-order chi connectivity index (χ0) is 16.9. The fourth-order valence-corrected chi connectivity index (χ4v) is 2.32. The summed E-state index contributed by atoms with van der Waals surface area (Å²) >= 11 is 4.06. The Balaban J connectivity index is 0.000000168. The van der Waals surface area contributed by atoms with Crippen LogP contribution in [0.5, 0.6) is 0 Å². The molecule has 3 rings (SSSR count). The molecular formula is C15H15N3O3S2. The molecule has 0 aliphatic carbocycles. The Bertz CT molecular complexity index is 860. The molecule has 0 unspecified atom stereocenters. The Morgan fingerprint density at radius 3 is 2.26 bits per heavy atom. The summed E-state index contributed by atoms with van der Waals surface area (Å²) < 4.78 is 29.6. The second-order valence-corrected chi connectivity index (χ2v) is 6.46. The number of thiol groups is 1. The largest absolute Gasteiger partial charge is 0.339 e. The lowest BCUT2D eigenvalue weighted by atomic mass is 10.2. The monoisotopic (exact) mass is 349 g/mol. The Morgan fingerprint density at radius 2 is 1.78 bits per heavy atom. The number of aryl methyl sites for hydroxylation is 1. The fourth-order valence-electron chi connectivity index (χ4n) is 1.67. The predicted molar refractivity (Wildman–Crippen MR) is 90.1 cm³/mol. The molecule has 1 aromatic carbocycles. The number of aromatic nitrogens is 3. The number of aromatic amines is 1. The van der Waals surface area contributed by atoms with E-state index in [9.17, 15) is 8.42 Å². The minimum Gasteiger partial charge on any atom is -0.339 e. The predicted octanol–water partition coefficient (Wildman–Crippen LogP) is 3.00. The molecule has 23 heavy (non-hydrogen) atoms. The van der Waals surface area contributed by atoms with Crippen LogP contribution in [0.2, 0.25) is 0 Å². The Labute approximate surface area is 139 Å². The van der Waals surface area contributed by atoms with Gasteiger partial charge in [0.25, 0.3) is 10.1 Å². The van der Waals surface area contributed by atoms with Gasteiger partial charge < -0.3 is 4.98 Å². The van der Waals surface area contributed by atoms with Crippen molar-refractivity contribution in [2.45, 2.75) is 17.0 Å². The highest BCUT2D eigenvalue weighted by Crippen LogP contribution is 2.14. The molecule has 2 heterocycles. The van der Waals surface area contributed by atoms with E-state index in [1.165, 1.54) is 12.1 Å². The fraction of sp³-hybridized carbons (Fsp3) is 0.0667. The zero-order valence-electron chi connectivity index (χ0n) is 12.2. The van der Waals surface area contributed by atoms with Gasteiger partial charge in [0.1, 0.15) is 5.69 Å². The van der Waals surface area contributed by atoms with E-state index in [1.807, 2.05) is 25.1 Å². The van der Waals surface area contributed by atoms with E-state index >= 15 is 0 Å². The topological polar surface area (TPSA) is 95.9 Å². The molecular weight excluding hydrogens is 334 g/mol. The van der Waals surface area contributed by atoms with Gasteiger partial charge in [0.15, 0.2) is 5.16 Å². The normalized spacial score (nSPS) is 10.7. The average Bonchev–Trinajstić information content (AvgIpc) is 2.95. The smallest absolute Gasteiger partial charge is 0.294 e. The molecule has 2 N–H and O–H groups in total. The summed E-state index contributed by atoms with van der Waals surface area (Å²) in [6.45, 7) is 1.84. The van der Waals surface area contributed by atoms with Gasteiger partial charge in [-0.3, -0.25) is 9.54 Å². The van der Waals surface area contributed by atoms with Crippen molar-refractivity contribution in [2.24, 2.45) is 0 Å². The third kappa shape index (κ3) is 5.20. The molecule has 0 radical (unpaired) electrons. The summed E-state index contributed by atoms with van der Waals surface area (Å²) in [4.78, 5) is 11.1. The first-order valence-corrected chi connectivity index (χ1v) is 8.45. The van der Waals surface area contributed by atoms with E-state index in [1.54, 1.807) is 24.5 Å². The van der Waals surface area contributed by atoms with Crippen molar-refractivity contribution in [1.29, 1.82) is 0 Å². The molecule has 0 spiro atoms. The summed E-state index contributed by atoms with van der Waals surface area (Å²) in [5.41, 5.74) is 2.63. The SMILES string of the molecule is Cc1ccc(S(=O)(=O)O)cc1.Sc1nc(-c2ccccn2)c[nH]1. The molecule has 8 heteroatoms. The second-order valence-electron chi connectivity index (χ2n) is 4.61. The number of imidazole rings is 1. The number of H-pyrrole nitrogens is 1. The molecule has 0 atom stereocenters. The van der Waals surface area contributed by atoms with Crippen LogP contribution in [0.25, 0.3) is 11.4 Å². The third-order valence-corrected chi connectivity index (χ3v) is 3.91. The van der Waals surface area contributed by atoms with Gasteiger partial charge in [-0.1, -0.05) is 23.8 Å². The number of benzene rings is 1. The quantitative estimate of drug-likeness (QED) is 0.488. The Kier molecular flexibility index (Phi) is 5.54. The van der Waals surface area contributed by atoms with Crippen molar-refractivity contribution in [2.75, 3.05) is 0 Å². The molecule has 120 valence electrons. The molecule has 0 saturated heterocycles. The van der Waals surface area contributed by atoms with Crippen LogP contribution in [0.4, 0.5) is 0 Å². The van der Waals surface area contributed by atoms with Crippen LogP contribution in [0, 0.1) is 6.92 Å². The lowest BCUT2D eigenvalue weighted by Crippen LogP contribution is -1.96. The van der Waals surface area contributed by atoms with E-state index in [2.05, 4.69) is 27.6 Å². The van der Waals surface area contributed by atoms with Crippen LogP contribution >= 0.6 is 12.6 Å². The van der Waals surface area contributed by atoms with Gasteiger partial charge in [0.2, 0.25) is 0 Å². The highest BCUT2D eigenvalue weighted by atomic mass is 32.2. The average molecular weight is 349 g/mol. The van der Waals surface area contributed by atoms with Crippen LogP contribution in [0.1, 0.15) is 5.56 Å². The molecule has 6 nitrogen and oxygen atoms in total. The molecule has 3 aromatic rings. The van der Waals surface area contributed by atoms with Gasteiger partial charge in [-0.15, -0.1) is 12.6 Å². The van der Waals surface area contributed by atoms with Crippen molar-refractivity contribution in [3.8, 4) is 11.4 Å². The summed E-state index contributed by atoms with van der Waals surface area (Å²) in [5, 5.41) is 0.607. The van der Waals surface area contributed by atoms with Crippen LogP contribution in [-0.2, 0) is 10.1 Å². The maximum absolute atomic E-state index is 10.5. The van der Waals surface area contributed by atoms with E-state index in [0.29, 0.717) is 5.16 Å². The number of nitrogens with zero attached hydrogens (tertiary/aromatic N) is 2. The molecule has 0 fully saturated rings. The minimum atomic E-state index is -4.02. The first-order valence-electron chi connectivity index (χ1n) is 6.56. The third-order valence-electron chi connectivity index (χ3n) is 2.81. The second kappa shape index (κ2) is 7.40. The van der Waals surface area contributed by atoms with E-state index < -0.39 is 10.1 Å². The number of pyridine rings is 1. The summed E-state index contributed by atoms with van der Waals surface area (Å²) in [6, 6.07) is 11.7. The van der Waals surface area contributed by atoms with Gasteiger partial charge >= 0.3 is 0 Å². The molecule has 0 aliphatic heterocycles. The van der Waals surface area contributed by atoms with Crippen molar-refractivity contribution < 1.29 is 13.0 Å². The van der Waals surface area contributed by atoms with E-state index in [0.717, 1.165) is 17.0 Å². The number of hydrogen-bond acceptors (Lipinski definition) is 5. The molecule has 0 aliphatic rings. The van der Waals surface area contributed by atoms with E-state index in [4.69, 9.17) is 4.55 Å². The molecule has 0 saturated carbocycles. The van der Waals surface area contributed by atoms with Gasteiger partial charge in [-0.05, 0) is 31.2 Å².